The summed E-state index contributed by atoms with van der Waals surface area (Å²) in [4.78, 5) is 12.1. The third-order valence-electron chi connectivity index (χ3n) is 4.57. The summed E-state index contributed by atoms with van der Waals surface area (Å²) in [5, 5.41) is 3.45. The largest absolute Gasteiger partial charge is 0.496 e. The maximum Gasteiger partial charge on any atom is 0.338 e. The van der Waals surface area contributed by atoms with Gasteiger partial charge >= 0.3 is 5.97 Å². The Morgan fingerprint density at radius 2 is 1.96 bits per heavy atom. The van der Waals surface area contributed by atoms with E-state index in [-0.39, 0.29) is 11.4 Å². The van der Waals surface area contributed by atoms with Crippen LogP contribution in [0, 0.1) is 0 Å². The lowest BCUT2D eigenvalue weighted by molar-refractivity contribution is 0.0598. The lowest BCUT2D eigenvalue weighted by Crippen LogP contribution is -2.28. The smallest absolute Gasteiger partial charge is 0.338 e. The van der Waals surface area contributed by atoms with E-state index in [2.05, 4.69) is 24.4 Å². The van der Waals surface area contributed by atoms with Crippen LogP contribution in [0.1, 0.15) is 28.4 Å². The van der Waals surface area contributed by atoms with Crippen LogP contribution in [0.15, 0.2) is 42.5 Å². The molecule has 0 aliphatic carbocycles. The summed E-state index contributed by atoms with van der Waals surface area (Å²) in [6.45, 7) is 3.03. The van der Waals surface area contributed by atoms with Gasteiger partial charge in [0.05, 0.1) is 19.8 Å². The molecule has 1 aliphatic heterocycles. The number of methoxy groups -OCH3 is 2. The highest BCUT2D eigenvalue weighted by molar-refractivity contribution is 5.92. The van der Waals surface area contributed by atoms with Gasteiger partial charge in [-0.05, 0) is 30.2 Å². The van der Waals surface area contributed by atoms with Crippen molar-refractivity contribution < 1.29 is 14.3 Å². The Bertz CT molecular complexity index is 741. The van der Waals surface area contributed by atoms with E-state index in [1.54, 1.807) is 13.2 Å². The van der Waals surface area contributed by atoms with Gasteiger partial charge < -0.3 is 14.8 Å². The molecule has 120 valence electrons. The number of fused-ring (bicyclic) bond motifs is 1. The van der Waals surface area contributed by atoms with E-state index in [9.17, 15) is 4.79 Å². The number of para-hydroxylation sites is 1. The van der Waals surface area contributed by atoms with Crippen molar-refractivity contribution in [2.45, 2.75) is 18.8 Å². The van der Waals surface area contributed by atoms with Crippen LogP contribution in [0.4, 0.5) is 5.69 Å². The fourth-order valence-electron chi connectivity index (χ4n) is 3.34. The van der Waals surface area contributed by atoms with E-state index in [4.69, 9.17) is 9.47 Å². The highest BCUT2D eigenvalue weighted by Crippen LogP contribution is 2.41. The summed E-state index contributed by atoms with van der Waals surface area (Å²) < 4.78 is 10.4. The van der Waals surface area contributed by atoms with E-state index in [0.29, 0.717) is 12.0 Å². The maximum absolute atomic E-state index is 12.1. The number of carbonyl (C=O) groups is 1. The second-order valence-corrected chi connectivity index (χ2v) is 6.11. The molecule has 0 saturated heterocycles. The SMILES string of the molecule is COC(=O)c1cccc(OC)c1CC1(C)CNc2ccccc21. The van der Waals surface area contributed by atoms with Crippen LogP contribution >= 0.6 is 0 Å². The minimum atomic E-state index is -0.332. The number of benzene rings is 2. The molecule has 1 heterocycles. The average molecular weight is 311 g/mol. The van der Waals surface area contributed by atoms with Crippen LogP contribution in [0.25, 0.3) is 0 Å². The zero-order valence-corrected chi connectivity index (χ0v) is 13.7. The molecule has 0 saturated carbocycles. The molecule has 1 N–H and O–H groups in total. The molecule has 0 amide bonds. The first-order valence-corrected chi connectivity index (χ1v) is 7.66. The number of hydrogen-bond donors (Lipinski definition) is 1. The number of nitrogens with one attached hydrogen (secondary N) is 1. The molecule has 0 spiro atoms. The molecule has 0 aromatic heterocycles. The maximum atomic E-state index is 12.1. The standard InChI is InChI=1S/C19H21NO3/c1-19(12-20-16-9-5-4-8-15(16)19)11-14-13(18(21)23-3)7-6-10-17(14)22-2/h4-10,20H,11-12H2,1-3H3. The molecule has 4 nitrogen and oxygen atoms in total. The molecule has 23 heavy (non-hydrogen) atoms. The second kappa shape index (κ2) is 5.95. The van der Waals surface area contributed by atoms with Crippen LogP contribution < -0.4 is 10.1 Å². The summed E-state index contributed by atoms with van der Waals surface area (Å²) in [6.07, 6.45) is 0.700. The summed E-state index contributed by atoms with van der Waals surface area (Å²) in [7, 11) is 3.03. The first kappa shape index (κ1) is 15.4. The van der Waals surface area contributed by atoms with Crippen LogP contribution in [-0.4, -0.2) is 26.7 Å². The normalized spacial score (nSPS) is 18.9. The Hall–Kier alpha value is -2.49. The average Bonchev–Trinajstić information content (AvgIpc) is 2.92. The molecule has 2 aromatic carbocycles. The molecule has 0 radical (unpaired) electrons. The van der Waals surface area contributed by atoms with Crippen molar-refractivity contribution in [2.75, 3.05) is 26.1 Å². The number of hydrogen-bond acceptors (Lipinski definition) is 4. The van der Waals surface area contributed by atoms with Gasteiger partial charge in [-0.2, -0.15) is 0 Å². The number of rotatable bonds is 4. The predicted octanol–water partition coefficient (Wildman–Crippen LogP) is 3.41. The van der Waals surface area contributed by atoms with Crippen LogP contribution in [0.3, 0.4) is 0 Å². The van der Waals surface area contributed by atoms with E-state index < -0.39 is 0 Å². The summed E-state index contributed by atoms with van der Waals surface area (Å²) in [6, 6.07) is 13.8. The highest BCUT2D eigenvalue weighted by atomic mass is 16.5. The van der Waals surface area contributed by atoms with Gasteiger partial charge in [0, 0.05) is 23.2 Å². The van der Waals surface area contributed by atoms with Gasteiger partial charge in [-0.1, -0.05) is 31.2 Å². The monoisotopic (exact) mass is 311 g/mol. The van der Waals surface area contributed by atoms with Gasteiger partial charge in [0.2, 0.25) is 0 Å². The van der Waals surface area contributed by atoms with E-state index in [0.717, 1.165) is 23.5 Å². The molecule has 0 fully saturated rings. The van der Waals surface area contributed by atoms with Crippen molar-refractivity contribution >= 4 is 11.7 Å². The van der Waals surface area contributed by atoms with Gasteiger partial charge in [0.25, 0.3) is 0 Å². The third kappa shape index (κ3) is 2.65. The fraction of sp³-hybridized carbons (Fsp3) is 0.316. The van der Waals surface area contributed by atoms with Crippen molar-refractivity contribution in [1.29, 1.82) is 0 Å². The number of anilines is 1. The molecule has 0 bridgehead atoms. The Labute approximate surface area is 136 Å². The van der Waals surface area contributed by atoms with E-state index >= 15 is 0 Å². The number of carbonyl (C=O) groups excluding carboxylic acids is 1. The Morgan fingerprint density at radius 3 is 2.70 bits per heavy atom. The van der Waals surface area contributed by atoms with Crippen molar-refractivity contribution in [3.05, 3.63) is 59.2 Å². The quantitative estimate of drug-likeness (QED) is 0.879. The zero-order valence-electron chi connectivity index (χ0n) is 13.7. The van der Waals surface area contributed by atoms with Crippen molar-refractivity contribution in [3.8, 4) is 5.75 Å². The minimum absolute atomic E-state index is 0.103. The highest BCUT2D eigenvalue weighted by Gasteiger charge is 2.36. The third-order valence-corrected chi connectivity index (χ3v) is 4.57. The van der Waals surface area contributed by atoms with Crippen molar-refractivity contribution in [1.82, 2.24) is 0 Å². The van der Waals surface area contributed by atoms with Crippen LogP contribution in [0.5, 0.6) is 5.75 Å². The predicted molar refractivity (Wildman–Crippen MR) is 90.3 cm³/mol. The van der Waals surface area contributed by atoms with Gasteiger partial charge in [0.1, 0.15) is 5.75 Å². The first-order chi connectivity index (χ1) is 11.1. The lowest BCUT2D eigenvalue weighted by Gasteiger charge is -2.26. The van der Waals surface area contributed by atoms with E-state index in [1.807, 2.05) is 24.3 Å². The van der Waals surface area contributed by atoms with Crippen molar-refractivity contribution in [3.63, 3.8) is 0 Å². The van der Waals surface area contributed by atoms with E-state index in [1.165, 1.54) is 12.7 Å². The summed E-state index contributed by atoms with van der Waals surface area (Å²) in [5.41, 5.74) is 3.78. The molecule has 4 heteroatoms. The van der Waals surface area contributed by atoms with Gasteiger partial charge in [-0.3, -0.25) is 0 Å². The van der Waals surface area contributed by atoms with Crippen molar-refractivity contribution in [2.24, 2.45) is 0 Å². The lowest BCUT2D eigenvalue weighted by atomic mass is 9.78. The Kier molecular flexibility index (Phi) is 3.99. The molecule has 1 unspecified atom stereocenters. The molecular weight excluding hydrogens is 290 g/mol. The Morgan fingerprint density at radius 1 is 1.17 bits per heavy atom. The molecule has 1 aliphatic rings. The van der Waals surface area contributed by atoms with Gasteiger partial charge in [-0.25, -0.2) is 4.79 Å². The molecule has 3 rings (SSSR count). The molecular formula is C19H21NO3. The topological polar surface area (TPSA) is 47.6 Å². The molecule has 2 aromatic rings. The minimum Gasteiger partial charge on any atom is -0.496 e. The Balaban J connectivity index is 2.05. The van der Waals surface area contributed by atoms with Crippen LogP contribution in [-0.2, 0) is 16.6 Å². The number of esters is 1. The first-order valence-electron chi connectivity index (χ1n) is 7.66. The fourth-order valence-corrected chi connectivity index (χ4v) is 3.34. The molecule has 1 atom stereocenters. The van der Waals surface area contributed by atoms with Gasteiger partial charge in [0.15, 0.2) is 0 Å². The number of ether oxygens (including phenoxy) is 2. The second-order valence-electron chi connectivity index (χ2n) is 6.11. The van der Waals surface area contributed by atoms with Gasteiger partial charge in [-0.15, -0.1) is 0 Å². The summed E-state index contributed by atoms with van der Waals surface area (Å²) in [5.74, 6) is 0.389. The van der Waals surface area contributed by atoms with Crippen LogP contribution in [0.2, 0.25) is 0 Å². The summed E-state index contributed by atoms with van der Waals surface area (Å²) >= 11 is 0. The zero-order chi connectivity index (χ0) is 16.4.